The van der Waals surface area contributed by atoms with E-state index in [4.69, 9.17) is 9.47 Å². The Kier molecular flexibility index (Phi) is 10.6. The number of nitrogens with one attached hydrogen (secondary N) is 2. The van der Waals surface area contributed by atoms with Crippen LogP contribution in [0.5, 0.6) is 5.75 Å². The first kappa shape index (κ1) is 29.4. The van der Waals surface area contributed by atoms with Gasteiger partial charge in [0, 0.05) is 6.42 Å². The molecule has 3 aromatic carbocycles. The molecule has 0 aliphatic carbocycles. The lowest BCUT2D eigenvalue weighted by atomic mass is 10.0. The third-order valence-corrected chi connectivity index (χ3v) is 5.75. The summed E-state index contributed by atoms with van der Waals surface area (Å²) in [6, 6.07) is 23.6. The Morgan fingerprint density at radius 1 is 0.744 bits per heavy atom. The molecular formula is C31H36N2O6. The number of ketones is 1. The van der Waals surface area contributed by atoms with Crippen molar-refractivity contribution in [2.75, 3.05) is 6.61 Å². The minimum Gasteiger partial charge on any atom is -0.488 e. The van der Waals surface area contributed by atoms with Crippen molar-refractivity contribution in [2.24, 2.45) is 0 Å². The number of rotatable bonds is 12. The number of aliphatic hydroxyl groups excluding tert-OH is 1. The fourth-order valence-electron chi connectivity index (χ4n) is 3.88. The molecule has 0 spiro atoms. The molecule has 2 atom stereocenters. The van der Waals surface area contributed by atoms with Gasteiger partial charge in [0.1, 0.15) is 30.6 Å². The van der Waals surface area contributed by atoms with Crippen LogP contribution in [0.25, 0.3) is 0 Å². The predicted molar refractivity (Wildman–Crippen MR) is 148 cm³/mol. The van der Waals surface area contributed by atoms with E-state index in [1.54, 1.807) is 12.1 Å². The van der Waals surface area contributed by atoms with E-state index in [2.05, 4.69) is 10.6 Å². The van der Waals surface area contributed by atoms with Gasteiger partial charge in [-0.1, -0.05) is 72.8 Å². The zero-order chi connectivity index (χ0) is 28.3. The molecule has 2 amide bonds. The molecule has 3 rings (SSSR count). The van der Waals surface area contributed by atoms with Crippen molar-refractivity contribution in [2.45, 2.75) is 57.9 Å². The minimum atomic E-state index is -1.01. The first-order valence-electron chi connectivity index (χ1n) is 12.9. The van der Waals surface area contributed by atoms with Gasteiger partial charge in [-0.2, -0.15) is 0 Å². The van der Waals surface area contributed by atoms with E-state index in [0.29, 0.717) is 5.75 Å². The molecule has 0 heterocycles. The molecule has 0 bridgehead atoms. The smallest absolute Gasteiger partial charge is 0.408 e. The van der Waals surface area contributed by atoms with Crippen LogP contribution in [0.1, 0.15) is 37.5 Å². The number of carbonyl (C=O) groups excluding carboxylic acids is 3. The lowest BCUT2D eigenvalue weighted by molar-refractivity contribution is -0.130. The summed E-state index contributed by atoms with van der Waals surface area (Å²) in [5.74, 6) is -0.417. The highest BCUT2D eigenvalue weighted by Gasteiger charge is 2.27. The van der Waals surface area contributed by atoms with Crippen molar-refractivity contribution in [3.63, 3.8) is 0 Å². The van der Waals surface area contributed by atoms with Crippen LogP contribution in [0.3, 0.4) is 0 Å². The molecule has 3 aromatic rings. The highest BCUT2D eigenvalue weighted by molar-refractivity contribution is 5.93. The molecule has 0 saturated heterocycles. The topological polar surface area (TPSA) is 114 Å². The maximum atomic E-state index is 13.4. The lowest BCUT2D eigenvalue weighted by Crippen LogP contribution is -2.53. The largest absolute Gasteiger partial charge is 0.488 e. The molecule has 0 radical (unpaired) electrons. The van der Waals surface area contributed by atoms with Crippen molar-refractivity contribution in [1.82, 2.24) is 10.6 Å². The molecule has 3 N–H and O–H groups in total. The molecule has 0 aromatic heterocycles. The first-order chi connectivity index (χ1) is 18.6. The average Bonchev–Trinajstić information content (AvgIpc) is 2.92. The number of benzene rings is 3. The molecule has 0 unspecified atom stereocenters. The Labute approximate surface area is 229 Å². The van der Waals surface area contributed by atoms with Gasteiger partial charge in [-0.3, -0.25) is 9.59 Å². The van der Waals surface area contributed by atoms with Gasteiger partial charge in [-0.05, 0) is 56.0 Å². The Bertz CT molecular complexity index is 1210. The monoisotopic (exact) mass is 532 g/mol. The summed E-state index contributed by atoms with van der Waals surface area (Å²) < 4.78 is 11.2. The predicted octanol–water partition coefficient (Wildman–Crippen LogP) is 3.99. The quantitative estimate of drug-likeness (QED) is 0.325. The molecule has 0 aliphatic rings. The van der Waals surface area contributed by atoms with Crippen LogP contribution in [-0.4, -0.2) is 47.2 Å². The minimum absolute atomic E-state index is 0.0485. The fraction of sp³-hybridized carbons (Fsp3) is 0.323. The Hall–Kier alpha value is -4.17. The van der Waals surface area contributed by atoms with Crippen LogP contribution in [0, 0.1) is 0 Å². The van der Waals surface area contributed by atoms with Crippen LogP contribution < -0.4 is 15.4 Å². The van der Waals surface area contributed by atoms with E-state index in [1.165, 1.54) is 0 Å². The van der Waals surface area contributed by atoms with E-state index in [9.17, 15) is 19.5 Å². The van der Waals surface area contributed by atoms with E-state index in [1.807, 2.05) is 93.6 Å². The van der Waals surface area contributed by atoms with E-state index in [0.717, 1.165) is 16.7 Å². The average molecular weight is 533 g/mol. The molecule has 0 aliphatic heterocycles. The summed E-state index contributed by atoms with van der Waals surface area (Å²) in [4.78, 5) is 38.5. The Morgan fingerprint density at radius 2 is 1.28 bits per heavy atom. The Morgan fingerprint density at radius 3 is 1.85 bits per heavy atom. The Balaban J connectivity index is 1.70. The molecule has 39 heavy (non-hydrogen) atoms. The zero-order valence-corrected chi connectivity index (χ0v) is 22.6. The van der Waals surface area contributed by atoms with Crippen molar-refractivity contribution >= 4 is 17.8 Å². The van der Waals surface area contributed by atoms with Gasteiger partial charge >= 0.3 is 6.09 Å². The van der Waals surface area contributed by atoms with Crippen LogP contribution in [0.15, 0.2) is 84.9 Å². The fourth-order valence-corrected chi connectivity index (χ4v) is 3.88. The van der Waals surface area contributed by atoms with Gasteiger partial charge in [0.15, 0.2) is 5.78 Å². The first-order valence-corrected chi connectivity index (χ1v) is 12.9. The van der Waals surface area contributed by atoms with Crippen LogP contribution in [0.2, 0.25) is 0 Å². The SMILES string of the molecule is CC(C)(C)Oc1ccc(C[C@H](NC(=O)[C@H](Cc2ccccc2)NC(=O)OCc2ccccc2)C(=O)CO)cc1. The van der Waals surface area contributed by atoms with Crippen LogP contribution in [0.4, 0.5) is 4.79 Å². The summed E-state index contributed by atoms with van der Waals surface area (Å²) in [5.41, 5.74) is 2.05. The number of hydrogen-bond acceptors (Lipinski definition) is 6. The van der Waals surface area contributed by atoms with Crippen LogP contribution in [-0.2, 0) is 33.8 Å². The number of ether oxygens (including phenoxy) is 2. The number of hydrogen-bond donors (Lipinski definition) is 3. The number of alkyl carbamates (subject to hydrolysis) is 1. The highest BCUT2D eigenvalue weighted by Crippen LogP contribution is 2.19. The van der Waals surface area contributed by atoms with Gasteiger partial charge in [-0.15, -0.1) is 0 Å². The van der Waals surface area contributed by atoms with Crippen molar-refractivity contribution in [3.05, 3.63) is 102 Å². The molecular weight excluding hydrogens is 496 g/mol. The molecule has 0 saturated carbocycles. The highest BCUT2D eigenvalue weighted by atomic mass is 16.5. The van der Waals surface area contributed by atoms with Gasteiger partial charge < -0.3 is 25.2 Å². The van der Waals surface area contributed by atoms with E-state index >= 15 is 0 Å². The third kappa shape index (κ3) is 10.2. The zero-order valence-electron chi connectivity index (χ0n) is 22.6. The number of Topliss-reactive ketones (excluding diaryl/α,β-unsaturated/α-hetero) is 1. The van der Waals surface area contributed by atoms with Crippen molar-refractivity contribution in [1.29, 1.82) is 0 Å². The summed E-state index contributed by atoms with van der Waals surface area (Å²) in [7, 11) is 0. The molecule has 8 heteroatoms. The maximum Gasteiger partial charge on any atom is 0.408 e. The number of aliphatic hydroxyl groups is 1. The van der Waals surface area contributed by atoms with Gasteiger partial charge in [0.2, 0.25) is 5.91 Å². The summed E-state index contributed by atoms with van der Waals surface area (Å²) in [6.45, 7) is 5.16. The van der Waals surface area contributed by atoms with Crippen molar-refractivity contribution < 1.29 is 29.0 Å². The lowest BCUT2D eigenvalue weighted by Gasteiger charge is -2.23. The van der Waals surface area contributed by atoms with Crippen LogP contribution >= 0.6 is 0 Å². The number of carbonyl (C=O) groups is 3. The summed E-state index contributed by atoms with van der Waals surface area (Å²) in [5, 5.41) is 14.9. The second kappa shape index (κ2) is 14.1. The van der Waals surface area contributed by atoms with Gasteiger partial charge in [0.25, 0.3) is 0 Å². The molecule has 8 nitrogen and oxygen atoms in total. The van der Waals surface area contributed by atoms with E-state index in [-0.39, 0.29) is 25.0 Å². The standard InChI is InChI=1S/C31H36N2O6/c1-31(2,3)39-25-16-14-23(15-17-25)18-26(28(35)20-34)32-29(36)27(19-22-10-6-4-7-11-22)33-30(37)38-21-24-12-8-5-9-13-24/h4-17,26-27,34H,18-21H2,1-3H3,(H,32,36)(H,33,37)/t26-,27-/m0/s1. The van der Waals surface area contributed by atoms with Gasteiger partial charge in [0.05, 0.1) is 6.04 Å². The third-order valence-electron chi connectivity index (χ3n) is 5.75. The molecule has 0 fully saturated rings. The second-order valence-electron chi connectivity index (χ2n) is 10.2. The second-order valence-corrected chi connectivity index (χ2v) is 10.2. The maximum absolute atomic E-state index is 13.4. The normalized spacial score (nSPS) is 12.6. The summed E-state index contributed by atoms with van der Waals surface area (Å²) in [6.07, 6.45) is -0.405. The van der Waals surface area contributed by atoms with E-state index < -0.39 is 36.5 Å². The molecule has 206 valence electrons. The number of amides is 2. The summed E-state index contributed by atoms with van der Waals surface area (Å²) >= 11 is 0. The van der Waals surface area contributed by atoms with Crippen molar-refractivity contribution in [3.8, 4) is 5.75 Å². The van der Waals surface area contributed by atoms with Gasteiger partial charge in [-0.25, -0.2) is 4.79 Å².